The normalized spacial score (nSPS) is 16.0. The second kappa shape index (κ2) is 8.77. The molecular weight excluding hydrogens is 344 g/mol. The van der Waals surface area contributed by atoms with Crippen LogP contribution in [0.15, 0.2) is 48.5 Å². The monoisotopic (exact) mass is 370 g/mol. The second-order valence-electron chi connectivity index (χ2n) is 6.84. The number of urea groups is 1. The van der Waals surface area contributed by atoms with Crippen LogP contribution in [0.1, 0.15) is 30.1 Å². The fourth-order valence-electron chi connectivity index (χ4n) is 3.46. The van der Waals surface area contributed by atoms with Crippen LogP contribution >= 0.6 is 0 Å². The molecule has 0 saturated carbocycles. The first-order valence-corrected chi connectivity index (χ1v) is 9.20. The predicted molar refractivity (Wildman–Crippen MR) is 103 cm³/mol. The van der Waals surface area contributed by atoms with Crippen molar-refractivity contribution >= 4 is 6.03 Å². The number of aliphatic hydroxyl groups excluding tert-OH is 1. The summed E-state index contributed by atoms with van der Waals surface area (Å²) in [5, 5.41) is 23.1. The highest BCUT2D eigenvalue weighted by atomic mass is 16.5. The van der Waals surface area contributed by atoms with Crippen molar-refractivity contribution in [1.29, 1.82) is 0 Å². The minimum atomic E-state index is -0.485. The number of phenolic OH excluding ortho intramolecular Hbond substituents is 1. The first kappa shape index (κ1) is 19.0. The number of ether oxygens (including phenoxy) is 1. The molecule has 0 spiro atoms. The quantitative estimate of drug-likeness (QED) is 0.755. The van der Waals surface area contributed by atoms with Gasteiger partial charge in [0.15, 0.2) is 11.5 Å². The molecule has 6 nitrogen and oxygen atoms in total. The molecule has 1 saturated heterocycles. The largest absolute Gasteiger partial charge is 0.504 e. The average molecular weight is 370 g/mol. The van der Waals surface area contributed by atoms with E-state index in [1.54, 1.807) is 23.1 Å². The Morgan fingerprint density at radius 2 is 1.93 bits per heavy atom. The number of aliphatic hydroxyl groups is 1. The van der Waals surface area contributed by atoms with E-state index in [2.05, 4.69) is 5.32 Å². The number of hydrogen-bond donors (Lipinski definition) is 3. The van der Waals surface area contributed by atoms with E-state index in [1.165, 1.54) is 7.11 Å². The third-order valence-corrected chi connectivity index (χ3v) is 5.10. The van der Waals surface area contributed by atoms with Crippen LogP contribution in [0.2, 0.25) is 0 Å². The summed E-state index contributed by atoms with van der Waals surface area (Å²) in [6, 6.07) is 14.6. The number of amides is 2. The third kappa shape index (κ3) is 4.71. The van der Waals surface area contributed by atoms with Crippen LogP contribution in [0, 0.1) is 5.92 Å². The molecule has 0 aromatic heterocycles. The van der Waals surface area contributed by atoms with E-state index in [9.17, 15) is 15.0 Å². The molecule has 3 rings (SSSR count). The topological polar surface area (TPSA) is 82.0 Å². The summed E-state index contributed by atoms with van der Waals surface area (Å²) in [5.41, 5.74) is 1.79. The molecule has 0 bridgehead atoms. The molecule has 6 heteroatoms. The Kier molecular flexibility index (Phi) is 6.19. The Morgan fingerprint density at radius 3 is 2.59 bits per heavy atom. The van der Waals surface area contributed by atoms with Gasteiger partial charge in [-0.3, -0.25) is 0 Å². The van der Waals surface area contributed by atoms with Crippen molar-refractivity contribution in [3.8, 4) is 11.5 Å². The average Bonchev–Trinajstić information content (AvgIpc) is 2.73. The molecule has 2 aromatic rings. The Morgan fingerprint density at radius 1 is 1.22 bits per heavy atom. The molecule has 3 N–H and O–H groups in total. The number of phenols is 1. The molecular formula is C21H26N2O4. The lowest BCUT2D eigenvalue weighted by atomic mass is 9.87. The number of piperidine rings is 1. The van der Waals surface area contributed by atoms with E-state index >= 15 is 0 Å². The molecule has 1 atom stereocenters. The van der Waals surface area contributed by atoms with Gasteiger partial charge in [-0.25, -0.2) is 4.79 Å². The fraction of sp³-hybridized carbons (Fsp3) is 0.381. The molecule has 144 valence electrons. The lowest BCUT2D eigenvalue weighted by Gasteiger charge is -2.34. The summed E-state index contributed by atoms with van der Waals surface area (Å²) in [5.74, 6) is 0.627. The summed E-state index contributed by atoms with van der Waals surface area (Å²) in [6.45, 7) is 1.61. The maximum atomic E-state index is 12.4. The van der Waals surface area contributed by atoms with Gasteiger partial charge in [0.2, 0.25) is 0 Å². The van der Waals surface area contributed by atoms with Gasteiger partial charge in [0.05, 0.1) is 13.2 Å². The zero-order valence-electron chi connectivity index (χ0n) is 15.5. The SMILES string of the molecule is COc1cc(CNC(=O)N2CCC([C@H](O)c3ccccc3)CC2)ccc1O. The number of nitrogens with zero attached hydrogens (tertiary/aromatic N) is 1. The lowest BCUT2D eigenvalue weighted by molar-refractivity contribution is 0.0665. The van der Waals surface area contributed by atoms with Crippen LogP contribution < -0.4 is 10.1 Å². The first-order chi connectivity index (χ1) is 13.1. The number of carbonyl (C=O) groups is 1. The van der Waals surface area contributed by atoms with Crippen molar-refractivity contribution in [2.24, 2.45) is 5.92 Å². The molecule has 0 unspecified atom stereocenters. The molecule has 2 amide bonds. The molecule has 0 aliphatic carbocycles. The Bertz CT molecular complexity index is 758. The standard InChI is InChI=1S/C21H26N2O4/c1-27-19-13-15(7-8-18(19)24)14-22-21(26)23-11-9-17(10-12-23)20(25)16-5-3-2-4-6-16/h2-8,13,17,20,24-25H,9-12,14H2,1H3,(H,22,26)/t20-/m1/s1. The van der Waals surface area contributed by atoms with Crippen molar-refractivity contribution in [1.82, 2.24) is 10.2 Å². The number of nitrogens with one attached hydrogen (secondary N) is 1. The number of benzene rings is 2. The summed E-state index contributed by atoms with van der Waals surface area (Å²) in [6.07, 6.45) is 1.06. The summed E-state index contributed by atoms with van der Waals surface area (Å²) in [4.78, 5) is 14.2. The van der Waals surface area contributed by atoms with E-state index < -0.39 is 6.10 Å². The van der Waals surface area contributed by atoms with E-state index in [4.69, 9.17) is 4.74 Å². The maximum absolute atomic E-state index is 12.4. The number of likely N-dealkylation sites (tertiary alicyclic amines) is 1. The maximum Gasteiger partial charge on any atom is 0.317 e. The second-order valence-corrected chi connectivity index (χ2v) is 6.84. The van der Waals surface area contributed by atoms with Crippen molar-refractivity contribution < 1.29 is 19.7 Å². The molecule has 0 radical (unpaired) electrons. The number of aromatic hydroxyl groups is 1. The van der Waals surface area contributed by atoms with Gasteiger partial charge in [-0.15, -0.1) is 0 Å². The van der Waals surface area contributed by atoms with Gasteiger partial charge in [-0.1, -0.05) is 36.4 Å². The summed E-state index contributed by atoms with van der Waals surface area (Å²) >= 11 is 0. The zero-order chi connectivity index (χ0) is 19.2. The molecule has 1 aliphatic heterocycles. The van der Waals surface area contributed by atoms with Crippen molar-refractivity contribution in [2.75, 3.05) is 20.2 Å². The van der Waals surface area contributed by atoms with Gasteiger partial charge >= 0.3 is 6.03 Å². The highest BCUT2D eigenvalue weighted by Gasteiger charge is 2.28. The zero-order valence-corrected chi connectivity index (χ0v) is 15.5. The number of rotatable bonds is 5. The highest BCUT2D eigenvalue weighted by molar-refractivity contribution is 5.74. The molecule has 1 aliphatic rings. The fourth-order valence-corrected chi connectivity index (χ4v) is 3.46. The van der Waals surface area contributed by atoms with Crippen LogP contribution in [-0.4, -0.2) is 41.3 Å². The van der Waals surface area contributed by atoms with E-state index in [0.29, 0.717) is 25.4 Å². The minimum Gasteiger partial charge on any atom is -0.504 e. The number of hydrogen-bond acceptors (Lipinski definition) is 4. The molecule has 1 fully saturated rings. The summed E-state index contributed by atoms with van der Waals surface area (Å²) < 4.78 is 5.08. The molecule has 27 heavy (non-hydrogen) atoms. The van der Waals surface area contributed by atoms with E-state index in [1.807, 2.05) is 30.3 Å². The minimum absolute atomic E-state index is 0.0756. The van der Waals surface area contributed by atoms with Crippen molar-refractivity contribution in [2.45, 2.75) is 25.5 Å². The van der Waals surface area contributed by atoms with E-state index in [0.717, 1.165) is 24.0 Å². The Labute approximate surface area is 159 Å². The Hall–Kier alpha value is -2.73. The summed E-state index contributed by atoms with van der Waals surface area (Å²) in [7, 11) is 1.49. The van der Waals surface area contributed by atoms with Crippen LogP contribution in [0.3, 0.4) is 0 Å². The molecule has 1 heterocycles. The van der Waals surface area contributed by atoms with Gasteiger partial charge in [0.25, 0.3) is 0 Å². The number of methoxy groups -OCH3 is 1. The van der Waals surface area contributed by atoms with E-state index in [-0.39, 0.29) is 17.7 Å². The van der Waals surface area contributed by atoms with Crippen molar-refractivity contribution in [3.05, 3.63) is 59.7 Å². The van der Waals surface area contributed by atoms with Crippen LogP contribution in [-0.2, 0) is 6.54 Å². The number of carbonyl (C=O) groups excluding carboxylic acids is 1. The first-order valence-electron chi connectivity index (χ1n) is 9.20. The van der Waals surface area contributed by atoms with Gasteiger partial charge in [0, 0.05) is 19.6 Å². The van der Waals surface area contributed by atoms with Gasteiger partial charge in [-0.05, 0) is 42.0 Å². The highest BCUT2D eigenvalue weighted by Crippen LogP contribution is 2.30. The van der Waals surface area contributed by atoms with Crippen LogP contribution in [0.5, 0.6) is 11.5 Å². The smallest absolute Gasteiger partial charge is 0.317 e. The van der Waals surface area contributed by atoms with Gasteiger partial charge in [0.1, 0.15) is 0 Å². The molecule has 2 aromatic carbocycles. The van der Waals surface area contributed by atoms with Crippen LogP contribution in [0.25, 0.3) is 0 Å². The lowest BCUT2D eigenvalue weighted by Crippen LogP contribution is -2.44. The third-order valence-electron chi connectivity index (χ3n) is 5.10. The van der Waals surface area contributed by atoms with Gasteiger partial charge in [-0.2, -0.15) is 0 Å². The predicted octanol–water partition coefficient (Wildman–Crippen LogP) is 3.06. The van der Waals surface area contributed by atoms with Crippen molar-refractivity contribution in [3.63, 3.8) is 0 Å². The Balaban J connectivity index is 1.48. The van der Waals surface area contributed by atoms with Crippen LogP contribution in [0.4, 0.5) is 4.79 Å². The van der Waals surface area contributed by atoms with Gasteiger partial charge < -0.3 is 25.2 Å².